The Balaban J connectivity index is 1.18. The summed E-state index contributed by atoms with van der Waals surface area (Å²) in [6.07, 6.45) is -5.29. The summed E-state index contributed by atoms with van der Waals surface area (Å²) in [5, 5.41) is 30.8. The van der Waals surface area contributed by atoms with Crippen molar-refractivity contribution in [3.8, 4) is 0 Å². The largest absolute Gasteiger partial charge is 0.390 e. The first-order valence-electron chi connectivity index (χ1n) is 12.3. The van der Waals surface area contributed by atoms with Gasteiger partial charge in [-0.15, -0.1) is 0 Å². The minimum atomic E-state index is -0.952. The summed E-state index contributed by atoms with van der Waals surface area (Å²) in [6.45, 7) is 5.52. The Morgan fingerprint density at radius 1 is 0.706 bits per heavy atom. The first kappa shape index (κ1) is 24.5. The number of fused-ring (bicyclic) bond motifs is 1. The number of hydrogen-bond donors (Lipinski definition) is 3. The van der Waals surface area contributed by atoms with E-state index in [9.17, 15) is 15.3 Å². The second-order valence-electron chi connectivity index (χ2n) is 9.98. The van der Waals surface area contributed by atoms with Crippen LogP contribution in [0.4, 0.5) is 0 Å². The quantitative estimate of drug-likeness (QED) is 0.588. The molecule has 9 heteroatoms. The molecule has 4 saturated heterocycles. The van der Waals surface area contributed by atoms with Gasteiger partial charge >= 0.3 is 0 Å². The molecule has 4 fully saturated rings. The lowest BCUT2D eigenvalue weighted by atomic mass is 9.89. The van der Waals surface area contributed by atoms with E-state index in [1.54, 1.807) is 6.92 Å². The number of aliphatic hydroxyl groups excluding tert-OH is 3. The van der Waals surface area contributed by atoms with Crippen molar-refractivity contribution in [3.63, 3.8) is 0 Å². The Hall–Kier alpha value is -1.14. The molecule has 13 atom stereocenters. The van der Waals surface area contributed by atoms with Crippen molar-refractivity contribution >= 4 is 0 Å². The summed E-state index contributed by atoms with van der Waals surface area (Å²) in [5.74, 6) is 0. The minimum Gasteiger partial charge on any atom is -0.390 e. The predicted molar refractivity (Wildman–Crippen MR) is 119 cm³/mol. The van der Waals surface area contributed by atoms with Crippen molar-refractivity contribution in [2.45, 2.75) is 120 Å². The topological polar surface area (TPSA) is 116 Å². The van der Waals surface area contributed by atoms with Crippen molar-refractivity contribution in [1.29, 1.82) is 0 Å². The van der Waals surface area contributed by atoms with E-state index in [1.165, 1.54) is 0 Å². The molecule has 1 aromatic carbocycles. The molecule has 4 heterocycles. The molecule has 0 spiro atoms. The van der Waals surface area contributed by atoms with Crippen LogP contribution in [-0.4, -0.2) is 88.8 Å². The minimum absolute atomic E-state index is 0.117. The van der Waals surface area contributed by atoms with Gasteiger partial charge in [-0.1, -0.05) is 30.3 Å². The fourth-order valence-electron chi connectivity index (χ4n) is 5.57. The second-order valence-corrected chi connectivity index (χ2v) is 9.98. The Morgan fingerprint density at radius 3 is 2.12 bits per heavy atom. The Bertz CT molecular complexity index is 785. The molecule has 9 nitrogen and oxygen atoms in total. The standard InChI is InChI=1S/C25H36O9/c1-12-22(28)16(26)10-21(31-12)33-23-13(2)29-18(9-17(23)27)19-11-20-24(14(3)30-19)34-25(32-20)15-7-5-4-6-8-15/h4-8,12-14,16-28H,9-11H2,1-3H3/t12?,13?,14?,16-,17-,18+,19-,20-,21-,22?,23?,24?,25?/m1/s1. The number of ether oxygens (including phenoxy) is 6. The fraction of sp³-hybridized carbons (Fsp3) is 0.760. The van der Waals surface area contributed by atoms with Gasteiger partial charge in [-0.05, 0) is 20.8 Å². The highest BCUT2D eigenvalue weighted by Crippen LogP contribution is 2.41. The molecule has 190 valence electrons. The van der Waals surface area contributed by atoms with E-state index in [-0.39, 0.29) is 36.9 Å². The van der Waals surface area contributed by atoms with E-state index < -0.39 is 49.2 Å². The van der Waals surface area contributed by atoms with Gasteiger partial charge in [-0.2, -0.15) is 0 Å². The van der Waals surface area contributed by atoms with Gasteiger partial charge in [0.25, 0.3) is 0 Å². The Labute approximate surface area is 199 Å². The second kappa shape index (κ2) is 10.1. The highest BCUT2D eigenvalue weighted by molar-refractivity contribution is 5.17. The summed E-state index contributed by atoms with van der Waals surface area (Å²) in [6, 6.07) is 9.87. The number of hydrogen-bond acceptors (Lipinski definition) is 9. The van der Waals surface area contributed by atoms with Crippen molar-refractivity contribution in [2.75, 3.05) is 0 Å². The Kier molecular flexibility index (Phi) is 7.28. The predicted octanol–water partition coefficient (Wildman–Crippen LogP) is 1.43. The van der Waals surface area contributed by atoms with Gasteiger partial charge < -0.3 is 43.7 Å². The maximum Gasteiger partial charge on any atom is 0.184 e. The Morgan fingerprint density at radius 2 is 1.41 bits per heavy atom. The zero-order valence-corrected chi connectivity index (χ0v) is 19.8. The van der Waals surface area contributed by atoms with Crippen LogP contribution in [-0.2, 0) is 28.4 Å². The van der Waals surface area contributed by atoms with Crippen LogP contribution in [0.3, 0.4) is 0 Å². The van der Waals surface area contributed by atoms with E-state index in [4.69, 9.17) is 28.4 Å². The zero-order valence-electron chi connectivity index (χ0n) is 19.8. The summed E-state index contributed by atoms with van der Waals surface area (Å²) < 4.78 is 36.6. The zero-order chi connectivity index (χ0) is 24.0. The molecule has 0 saturated carbocycles. The van der Waals surface area contributed by atoms with E-state index >= 15 is 0 Å². The first-order chi connectivity index (χ1) is 16.3. The van der Waals surface area contributed by atoms with Crippen LogP contribution in [0.2, 0.25) is 0 Å². The molecule has 4 aliphatic rings. The molecule has 0 bridgehead atoms. The number of aliphatic hydroxyl groups is 3. The van der Waals surface area contributed by atoms with E-state index in [1.807, 2.05) is 44.2 Å². The molecular weight excluding hydrogens is 444 g/mol. The van der Waals surface area contributed by atoms with Crippen LogP contribution in [0.25, 0.3) is 0 Å². The molecule has 1 aromatic rings. The molecule has 34 heavy (non-hydrogen) atoms. The molecule has 4 aliphatic heterocycles. The average Bonchev–Trinajstić information content (AvgIpc) is 3.25. The smallest absolute Gasteiger partial charge is 0.184 e. The summed E-state index contributed by atoms with van der Waals surface area (Å²) in [4.78, 5) is 0. The van der Waals surface area contributed by atoms with Gasteiger partial charge in [0, 0.05) is 24.8 Å². The lowest BCUT2D eigenvalue weighted by Gasteiger charge is -2.45. The maximum absolute atomic E-state index is 10.9. The maximum atomic E-state index is 10.9. The monoisotopic (exact) mass is 480 g/mol. The molecule has 0 amide bonds. The average molecular weight is 481 g/mol. The summed E-state index contributed by atoms with van der Waals surface area (Å²) in [7, 11) is 0. The van der Waals surface area contributed by atoms with Gasteiger partial charge in [0.05, 0.1) is 48.8 Å². The van der Waals surface area contributed by atoms with E-state index in [2.05, 4.69) is 0 Å². The lowest BCUT2D eigenvalue weighted by Crippen LogP contribution is -2.57. The third-order valence-electron chi connectivity index (χ3n) is 7.44. The molecule has 0 radical (unpaired) electrons. The highest BCUT2D eigenvalue weighted by Gasteiger charge is 2.50. The van der Waals surface area contributed by atoms with Crippen molar-refractivity contribution < 1.29 is 43.7 Å². The van der Waals surface area contributed by atoms with Gasteiger partial charge in [-0.3, -0.25) is 0 Å². The van der Waals surface area contributed by atoms with Crippen LogP contribution < -0.4 is 0 Å². The van der Waals surface area contributed by atoms with Gasteiger partial charge in [0.1, 0.15) is 18.3 Å². The first-order valence-corrected chi connectivity index (χ1v) is 12.3. The SMILES string of the molecule is CC1O[C@H](OC2C(C)O[C@H]([C@H]3C[C@H]4OC(c5ccccc5)OC4C(C)O3)C[C@H]2O)C[C@@H](O)C1O. The van der Waals surface area contributed by atoms with Crippen LogP contribution in [0.5, 0.6) is 0 Å². The van der Waals surface area contributed by atoms with Gasteiger partial charge in [0.15, 0.2) is 12.6 Å². The summed E-state index contributed by atoms with van der Waals surface area (Å²) in [5.41, 5.74) is 0.982. The number of benzene rings is 1. The van der Waals surface area contributed by atoms with Gasteiger partial charge in [-0.25, -0.2) is 0 Å². The van der Waals surface area contributed by atoms with Crippen LogP contribution >= 0.6 is 0 Å². The van der Waals surface area contributed by atoms with Crippen LogP contribution in [0.15, 0.2) is 30.3 Å². The fourth-order valence-corrected chi connectivity index (χ4v) is 5.57. The van der Waals surface area contributed by atoms with E-state index in [0.717, 1.165) is 5.56 Å². The molecule has 0 aromatic heterocycles. The van der Waals surface area contributed by atoms with Crippen molar-refractivity contribution in [3.05, 3.63) is 35.9 Å². The summed E-state index contributed by atoms with van der Waals surface area (Å²) >= 11 is 0. The highest BCUT2D eigenvalue weighted by atomic mass is 16.7. The molecule has 5 rings (SSSR count). The molecule has 0 aliphatic carbocycles. The van der Waals surface area contributed by atoms with Crippen LogP contribution in [0.1, 0.15) is 51.9 Å². The third-order valence-corrected chi connectivity index (χ3v) is 7.44. The lowest BCUT2D eigenvalue weighted by molar-refractivity contribution is -0.300. The van der Waals surface area contributed by atoms with E-state index in [0.29, 0.717) is 12.8 Å². The normalized spacial score (nSPS) is 49.5. The van der Waals surface area contributed by atoms with Crippen molar-refractivity contribution in [1.82, 2.24) is 0 Å². The van der Waals surface area contributed by atoms with Crippen molar-refractivity contribution in [2.24, 2.45) is 0 Å². The number of rotatable bonds is 4. The third kappa shape index (κ3) is 4.91. The molecule has 7 unspecified atom stereocenters. The molecule has 3 N–H and O–H groups in total. The molecular formula is C25H36O9. The van der Waals surface area contributed by atoms with Crippen LogP contribution in [0, 0.1) is 0 Å². The van der Waals surface area contributed by atoms with Gasteiger partial charge in [0.2, 0.25) is 0 Å².